The highest BCUT2D eigenvalue weighted by atomic mass is 32.2. The Hall–Kier alpha value is -2.47. The van der Waals surface area contributed by atoms with Gasteiger partial charge in [0.1, 0.15) is 0 Å². The first-order valence-electron chi connectivity index (χ1n) is 6.69. The summed E-state index contributed by atoms with van der Waals surface area (Å²) in [7, 11) is -3.21. The Labute approximate surface area is 127 Å². The largest absolute Gasteiger partial charge is 0.274 e. The average molecular weight is 314 g/mol. The summed E-state index contributed by atoms with van der Waals surface area (Å²) in [5.41, 5.74) is 0.655. The fourth-order valence-electron chi connectivity index (χ4n) is 2.26. The number of sulfone groups is 1. The predicted octanol–water partition coefficient (Wildman–Crippen LogP) is 1.85. The molecule has 0 amide bonds. The van der Waals surface area contributed by atoms with E-state index in [1.54, 1.807) is 24.4 Å². The van der Waals surface area contributed by atoms with Gasteiger partial charge in [0.05, 0.1) is 23.0 Å². The molecule has 0 unspecified atom stereocenters. The summed E-state index contributed by atoms with van der Waals surface area (Å²) in [6, 6.07) is 13.7. The molecule has 3 aromatic rings. The Morgan fingerprint density at radius 1 is 1.05 bits per heavy atom. The maximum Gasteiger partial charge on any atom is 0.274 e. The molecule has 5 nitrogen and oxygen atoms in total. The van der Waals surface area contributed by atoms with Gasteiger partial charge in [-0.15, -0.1) is 0 Å². The monoisotopic (exact) mass is 314 g/mol. The minimum atomic E-state index is -3.21. The summed E-state index contributed by atoms with van der Waals surface area (Å²) < 4.78 is 24.2. The van der Waals surface area contributed by atoms with Crippen molar-refractivity contribution in [3.05, 3.63) is 70.6 Å². The predicted molar refractivity (Wildman–Crippen MR) is 84.7 cm³/mol. The molecule has 1 heterocycles. The molecule has 6 heteroatoms. The highest BCUT2D eigenvalue weighted by Gasteiger charge is 2.08. The number of hydrogen-bond donors (Lipinski definition) is 0. The Morgan fingerprint density at radius 2 is 1.73 bits per heavy atom. The van der Waals surface area contributed by atoms with Gasteiger partial charge in [0, 0.05) is 11.6 Å². The van der Waals surface area contributed by atoms with Gasteiger partial charge in [-0.25, -0.2) is 13.1 Å². The van der Waals surface area contributed by atoms with Crippen molar-refractivity contribution in [1.29, 1.82) is 0 Å². The number of fused-ring (bicyclic) bond motifs is 1. The van der Waals surface area contributed by atoms with E-state index in [1.807, 2.05) is 18.2 Å². The first-order valence-corrected chi connectivity index (χ1v) is 8.58. The first kappa shape index (κ1) is 14.5. The summed E-state index contributed by atoms with van der Waals surface area (Å²) in [6.45, 7) is 0.299. The zero-order valence-electron chi connectivity index (χ0n) is 11.9. The topological polar surface area (TPSA) is 69.0 Å². The van der Waals surface area contributed by atoms with Gasteiger partial charge in [-0.05, 0) is 23.8 Å². The maximum atomic E-state index is 12.4. The van der Waals surface area contributed by atoms with E-state index in [1.165, 1.54) is 16.8 Å². The van der Waals surface area contributed by atoms with E-state index in [4.69, 9.17) is 0 Å². The van der Waals surface area contributed by atoms with Crippen molar-refractivity contribution >= 4 is 20.6 Å². The molecule has 0 fully saturated rings. The average Bonchev–Trinajstić information content (AvgIpc) is 2.50. The van der Waals surface area contributed by atoms with E-state index in [9.17, 15) is 13.2 Å². The van der Waals surface area contributed by atoms with Crippen LogP contribution in [0.3, 0.4) is 0 Å². The molecule has 1 aromatic heterocycles. The van der Waals surface area contributed by atoms with Crippen LogP contribution in [0.4, 0.5) is 0 Å². The van der Waals surface area contributed by atoms with Gasteiger partial charge in [0.2, 0.25) is 0 Å². The van der Waals surface area contributed by atoms with Crippen LogP contribution in [-0.2, 0) is 16.4 Å². The zero-order valence-corrected chi connectivity index (χ0v) is 12.7. The number of benzene rings is 2. The molecule has 0 N–H and O–H groups in total. The summed E-state index contributed by atoms with van der Waals surface area (Å²) >= 11 is 0. The normalized spacial score (nSPS) is 11.7. The number of nitrogens with zero attached hydrogens (tertiary/aromatic N) is 2. The van der Waals surface area contributed by atoms with Crippen molar-refractivity contribution in [2.75, 3.05) is 6.26 Å². The summed E-state index contributed by atoms with van der Waals surface area (Å²) in [4.78, 5) is 12.6. The molecule has 112 valence electrons. The Bertz CT molecular complexity index is 990. The quantitative estimate of drug-likeness (QED) is 0.740. The molecule has 0 radical (unpaired) electrons. The number of rotatable bonds is 3. The molecule has 0 bridgehead atoms. The first-order chi connectivity index (χ1) is 10.4. The van der Waals surface area contributed by atoms with Gasteiger partial charge in [0.15, 0.2) is 9.84 Å². The molecule has 22 heavy (non-hydrogen) atoms. The van der Waals surface area contributed by atoms with Gasteiger partial charge < -0.3 is 0 Å². The zero-order chi connectivity index (χ0) is 15.7. The van der Waals surface area contributed by atoms with Crippen molar-refractivity contribution < 1.29 is 8.42 Å². The minimum Gasteiger partial charge on any atom is -0.267 e. The van der Waals surface area contributed by atoms with Gasteiger partial charge in [-0.2, -0.15) is 5.10 Å². The van der Waals surface area contributed by atoms with Crippen LogP contribution in [0, 0.1) is 0 Å². The van der Waals surface area contributed by atoms with Crippen LogP contribution in [0.25, 0.3) is 10.8 Å². The fourth-order valence-corrected chi connectivity index (χ4v) is 2.89. The van der Waals surface area contributed by atoms with Crippen molar-refractivity contribution in [3.8, 4) is 0 Å². The van der Waals surface area contributed by atoms with E-state index in [0.29, 0.717) is 11.9 Å². The standard InChI is InChI=1S/C16H14N2O3S/c1-22(20,21)14-8-6-12(7-9-14)11-18-16(19)15-5-3-2-4-13(15)10-17-18/h2-10H,11H2,1H3. The molecule has 0 aliphatic carbocycles. The second-order valence-corrected chi connectivity index (χ2v) is 7.13. The van der Waals surface area contributed by atoms with Crippen molar-refractivity contribution in [3.63, 3.8) is 0 Å². The van der Waals surface area contributed by atoms with Crippen LogP contribution < -0.4 is 5.56 Å². The molecular formula is C16H14N2O3S. The van der Waals surface area contributed by atoms with Crippen LogP contribution in [-0.4, -0.2) is 24.5 Å². The van der Waals surface area contributed by atoms with Crippen LogP contribution in [0.2, 0.25) is 0 Å². The van der Waals surface area contributed by atoms with Crippen molar-refractivity contribution in [1.82, 2.24) is 9.78 Å². The van der Waals surface area contributed by atoms with Crippen LogP contribution in [0.15, 0.2) is 64.4 Å². The van der Waals surface area contributed by atoms with Crippen molar-refractivity contribution in [2.24, 2.45) is 0 Å². The van der Waals surface area contributed by atoms with E-state index in [-0.39, 0.29) is 10.5 Å². The Kier molecular flexibility index (Phi) is 3.54. The second-order valence-electron chi connectivity index (χ2n) is 5.11. The minimum absolute atomic E-state index is 0.162. The Balaban J connectivity index is 1.97. The molecule has 2 aromatic carbocycles. The highest BCUT2D eigenvalue weighted by molar-refractivity contribution is 7.90. The molecule has 0 aliphatic rings. The van der Waals surface area contributed by atoms with E-state index in [2.05, 4.69) is 5.10 Å². The molecule has 0 atom stereocenters. The summed E-state index contributed by atoms with van der Waals surface area (Å²) in [5, 5.41) is 5.58. The molecular weight excluding hydrogens is 300 g/mol. The fraction of sp³-hybridized carbons (Fsp3) is 0.125. The lowest BCUT2D eigenvalue weighted by Crippen LogP contribution is -2.23. The third kappa shape index (κ3) is 2.78. The smallest absolute Gasteiger partial charge is 0.267 e. The lowest BCUT2D eigenvalue weighted by Gasteiger charge is -2.07. The maximum absolute atomic E-state index is 12.4. The third-order valence-electron chi connectivity index (χ3n) is 3.45. The highest BCUT2D eigenvalue weighted by Crippen LogP contribution is 2.11. The van der Waals surface area contributed by atoms with E-state index in [0.717, 1.165) is 17.2 Å². The van der Waals surface area contributed by atoms with E-state index < -0.39 is 9.84 Å². The van der Waals surface area contributed by atoms with Crippen molar-refractivity contribution in [2.45, 2.75) is 11.4 Å². The lowest BCUT2D eigenvalue weighted by molar-refractivity contribution is 0.601. The van der Waals surface area contributed by atoms with Gasteiger partial charge >= 0.3 is 0 Å². The van der Waals surface area contributed by atoms with Crippen LogP contribution in [0.1, 0.15) is 5.56 Å². The van der Waals surface area contributed by atoms with Crippen LogP contribution >= 0.6 is 0 Å². The SMILES string of the molecule is CS(=O)(=O)c1ccc(Cn2ncc3ccccc3c2=O)cc1. The summed E-state index contributed by atoms with van der Waals surface area (Å²) in [5.74, 6) is 0. The van der Waals surface area contributed by atoms with Crippen LogP contribution in [0.5, 0.6) is 0 Å². The molecule has 0 spiro atoms. The number of hydrogen-bond acceptors (Lipinski definition) is 4. The van der Waals surface area contributed by atoms with Gasteiger partial charge in [-0.3, -0.25) is 4.79 Å². The molecule has 0 saturated carbocycles. The van der Waals surface area contributed by atoms with Gasteiger partial charge in [-0.1, -0.05) is 30.3 Å². The lowest BCUT2D eigenvalue weighted by atomic mass is 10.2. The number of aromatic nitrogens is 2. The molecule has 3 rings (SSSR count). The molecule has 0 saturated heterocycles. The second kappa shape index (κ2) is 5.38. The van der Waals surface area contributed by atoms with E-state index >= 15 is 0 Å². The summed E-state index contributed by atoms with van der Waals surface area (Å²) in [6.07, 6.45) is 2.82. The molecule has 0 aliphatic heterocycles. The Morgan fingerprint density at radius 3 is 2.41 bits per heavy atom. The third-order valence-corrected chi connectivity index (χ3v) is 4.57. The van der Waals surface area contributed by atoms with Gasteiger partial charge in [0.25, 0.3) is 5.56 Å².